The number of carbonyl (C=O) groups excluding carboxylic acids is 1. The molecule has 0 fully saturated rings. The summed E-state index contributed by atoms with van der Waals surface area (Å²) in [5.41, 5.74) is 6.56. The van der Waals surface area contributed by atoms with Crippen LogP contribution in [0.25, 0.3) is 0 Å². The molecular formula is C12H15N3O. The highest BCUT2D eigenvalue weighted by molar-refractivity contribution is 5.94. The number of hydrogen-bond acceptors (Lipinski definition) is 3. The molecule has 3 N–H and O–H groups in total. The zero-order chi connectivity index (χ0) is 12.0. The molecule has 4 heteroatoms. The van der Waals surface area contributed by atoms with Crippen LogP contribution in [0.3, 0.4) is 0 Å². The van der Waals surface area contributed by atoms with Crippen molar-refractivity contribution in [3.8, 4) is 6.07 Å². The van der Waals surface area contributed by atoms with Crippen molar-refractivity contribution in [3.05, 3.63) is 35.4 Å². The van der Waals surface area contributed by atoms with Gasteiger partial charge >= 0.3 is 0 Å². The number of nitriles is 1. The summed E-state index contributed by atoms with van der Waals surface area (Å²) >= 11 is 0. The maximum Gasteiger partial charge on any atom is 0.251 e. The van der Waals surface area contributed by atoms with Crippen molar-refractivity contribution in [3.63, 3.8) is 0 Å². The summed E-state index contributed by atoms with van der Waals surface area (Å²) in [5, 5.41) is 11.4. The number of benzene rings is 1. The molecule has 1 rings (SSSR count). The van der Waals surface area contributed by atoms with E-state index in [4.69, 9.17) is 11.0 Å². The van der Waals surface area contributed by atoms with E-state index in [2.05, 4.69) is 5.32 Å². The van der Waals surface area contributed by atoms with Crippen LogP contribution >= 0.6 is 0 Å². The Balaban J connectivity index is 2.56. The molecule has 0 aromatic heterocycles. The molecule has 1 aromatic carbocycles. The quantitative estimate of drug-likeness (QED) is 0.790. The summed E-state index contributed by atoms with van der Waals surface area (Å²) in [5.74, 6) is -0.169. The number of nitrogens with two attached hydrogens (primary N) is 1. The Labute approximate surface area is 95.1 Å². The largest absolute Gasteiger partial charge is 0.352 e. The molecule has 84 valence electrons. The van der Waals surface area contributed by atoms with Gasteiger partial charge in [0, 0.05) is 18.2 Å². The average Bonchev–Trinajstić information content (AvgIpc) is 2.28. The van der Waals surface area contributed by atoms with Gasteiger partial charge in [-0.25, -0.2) is 0 Å². The van der Waals surface area contributed by atoms with E-state index in [0.717, 1.165) is 6.42 Å². The number of nitrogens with zero attached hydrogens (tertiary/aromatic N) is 1. The third-order valence-corrected chi connectivity index (χ3v) is 2.14. The van der Waals surface area contributed by atoms with Crippen molar-refractivity contribution in [1.82, 2.24) is 5.32 Å². The highest BCUT2D eigenvalue weighted by Crippen LogP contribution is 2.03. The highest BCUT2D eigenvalue weighted by atomic mass is 16.1. The van der Waals surface area contributed by atoms with Crippen LogP contribution in [0.2, 0.25) is 0 Å². The molecule has 1 unspecified atom stereocenters. The minimum Gasteiger partial charge on any atom is -0.352 e. The predicted molar refractivity (Wildman–Crippen MR) is 61.8 cm³/mol. The van der Waals surface area contributed by atoms with Crippen molar-refractivity contribution in [1.29, 1.82) is 5.26 Å². The van der Waals surface area contributed by atoms with Crippen molar-refractivity contribution < 1.29 is 4.79 Å². The molecule has 0 radical (unpaired) electrons. The summed E-state index contributed by atoms with van der Waals surface area (Å²) in [6.07, 6.45) is 0.740. The Morgan fingerprint density at radius 1 is 1.62 bits per heavy atom. The maximum absolute atomic E-state index is 11.6. The summed E-state index contributed by atoms with van der Waals surface area (Å²) < 4.78 is 0. The summed E-state index contributed by atoms with van der Waals surface area (Å²) in [6.45, 7) is 2.44. The van der Waals surface area contributed by atoms with Gasteiger partial charge in [0.1, 0.15) is 0 Å². The van der Waals surface area contributed by atoms with Gasteiger partial charge in [-0.1, -0.05) is 6.07 Å². The van der Waals surface area contributed by atoms with E-state index in [1.807, 2.05) is 13.0 Å². The number of hydrogen-bond donors (Lipinski definition) is 2. The van der Waals surface area contributed by atoms with Crippen LogP contribution in [0.1, 0.15) is 29.3 Å². The van der Waals surface area contributed by atoms with Gasteiger partial charge in [0.05, 0.1) is 11.6 Å². The van der Waals surface area contributed by atoms with E-state index >= 15 is 0 Å². The fourth-order valence-electron chi connectivity index (χ4n) is 1.25. The molecule has 4 nitrogen and oxygen atoms in total. The molecular weight excluding hydrogens is 202 g/mol. The van der Waals surface area contributed by atoms with E-state index in [1.54, 1.807) is 24.3 Å². The van der Waals surface area contributed by atoms with Crippen molar-refractivity contribution >= 4 is 5.91 Å². The Bertz CT molecular complexity index is 407. The van der Waals surface area contributed by atoms with Crippen LogP contribution in [0, 0.1) is 11.3 Å². The molecule has 0 saturated heterocycles. The molecule has 0 bridgehead atoms. The second-order valence-electron chi connectivity index (χ2n) is 3.71. The lowest BCUT2D eigenvalue weighted by atomic mass is 10.1. The summed E-state index contributed by atoms with van der Waals surface area (Å²) in [6, 6.07) is 8.68. The molecule has 0 aliphatic heterocycles. The first-order chi connectivity index (χ1) is 7.63. The van der Waals surface area contributed by atoms with Crippen LogP contribution in [-0.4, -0.2) is 18.5 Å². The first-order valence-corrected chi connectivity index (χ1v) is 5.17. The van der Waals surface area contributed by atoms with Crippen LogP contribution in [0.15, 0.2) is 24.3 Å². The van der Waals surface area contributed by atoms with Crippen LogP contribution in [0.5, 0.6) is 0 Å². The Morgan fingerprint density at radius 3 is 3.00 bits per heavy atom. The third kappa shape index (κ3) is 3.71. The zero-order valence-electron chi connectivity index (χ0n) is 9.23. The van der Waals surface area contributed by atoms with Gasteiger partial charge in [0.25, 0.3) is 5.91 Å². The SMILES string of the molecule is CC(N)CCNC(=O)c1cccc(C#N)c1. The lowest BCUT2D eigenvalue weighted by molar-refractivity contribution is 0.0953. The monoisotopic (exact) mass is 217 g/mol. The van der Waals surface area contributed by atoms with Crippen molar-refractivity contribution in [2.75, 3.05) is 6.54 Å². The second kappa shape index (κ2) is 5.89. The fraction of sp³-hybridized carbons (Fsp3) is 0.333. The number of rotatable bonds is 4. The Hall–Kier alpha value is -1.86. The lowest BCUT2D eigenvalue weighted by Gasteiger charge is -2.07. The van der Waals surface area contributed by atoms with Crippen molar-refractivity contribution in [2.45, 2.75) is 19.4 Å². The molecule has 0 aliphatic rings. The van der Waals surface area contributed by atoms with E-state index in [0.29, 0.717) is 17.7 Å². The van der Waals surface area contributed by atoms with E-state index < -0.39 is 0 Å². The molecule has 1 aromatic rings. The highest BCUT2D eigenvalue weighted by Gasteiger charge is 2.05. The third-order valence-electron chi connectivity index (χ3n) is 2.14. The van der Waals surface area contributed by atoms with Gasteiger partial charge in [-0.2, -0.15) is 5.26 Å². The van der Waals surface area contributed by atoms with Gasteiger partial charge < -0.3 is 11.1 Å². The molecule has 1 amide bonds. The van der Waals surface area contributed by atoms with Crippen LogP contribution < -0.4 is 11.1 Å². The second-order valence-corrected chi connectivity index (χ2v) is 3.71. The molecule has 16 heavy (non-hydrogen) atoms. The zero-order valence-corrected chi connectivity index (χ0v) is 9.23. The van der Waals surface area contributed by atoms with Crippen LogP contribution in [-0.2, 0) is 0 Å². The number of amides is 1. The summed E-state index contributed by atoms with van der Waals surface area (Å²) in [4.78, 5) is 11.6. The maximum atomic E-state index is 11.6. The number of nitrogens with one attached hydrogen (secondary N) is 1. The molecule has 0 saturated carbocycles. The van der Waals surface area contributed by atoms with E-state index in [1.165, 1.54) is 0 Å². The first kappa shape index (κ1) is 12.2. The lowest BCUT2D eigenvalue weighted by Crippen LogP contribution is -2.28. The topological polar surface area (TPSA) is 78.9 Å². The van der Waals surface area contributed by atoms with Crippen LogP contribution in [0.4, 0.5) is 0 Å². The number of carbonyl (C=O) groups is 1. The smallest absolute Gasteiger partial charge is 0.251 e. The standard InChI is InChI=1S/C12H15N3O/c1-9(14)5-6-15-12(16)11-4-2-3-10(7-11)8-13/h2-4,7,9H,5-6,14H2,1H3,(H,15,16). The average molecular weight is 217 g/mol. The first-order valence-electron chi connectivity index (χ1n) is 5.17. The summed E-state index contributed by atoms with van der Waals surface area (Å²) in [7, 11) is 0. The van der Waals surface area contributed by atoms with Gasteiger partial charge in [-0.05, 0) is 31.5 Å². The fourth-order valence-corrected chi connectivity index (χ4v) is 1.25. The predicted octanol–water partition coefficient (Wildman–Crippen LogP) is 1.03. The molecule has 0 spiro atoms. The molecule has 0 aliphatic carbocycles. The van der Waals surface area contributed by atoms with E-state index in [9.17, 15) is 4.79 Å². The van der Waals surface area contributed by atoms with Gasteiger partial charge in [0.2, 0.25) is 0 Å². The van der Waals surface area contributed by atoms with Crippen molar-refractivity contribution in [2.24, 2.45) is 5.73 Å². The Kier molecular flexibility index (Phi) is 4.49. The molecule has 1 atom stereocenters. The Morgan fingerprint density at radius 2 is 2.38 bits per heavy atom. The van der Waals surface area contributed by atoms with Gasteiger partial charge in [0.15, 0.2) is 0 Å². The molecule has 0 heterocycles. The minimum atomic E-state index is -0.169. The van der Waals surface area contributed by atoms with E-state index in [-0.39, 0.29) is 11.9 Å². The van der Waals surface area contributed by atoms with Gasteiger partial charge in [-0.15, -0.1) is 0 Å². The normalized spacial score (nSPS) is 11.6. The van der Waals surface area contributed by atoms with Gasteiger partial charge in [-0.3, -0.25) is 4.79 Å². The minimum absolute atomic E-state index is 0.0748.